The molecular formula is C10H13NO2. The summed E-state index contributed by atoms with van der Waals surface area (Å²) >= 11 is 0. The van der Waals surface area contributed by atoms with Crippen LogP contribution in [0.2, 0.25) is 0 Å². The van der Waals surface area contributed by atoms with Crippen molar-refractivity contribution in [3.8, 4) is 5.88 Å². The zero-order valence-corrected chi connectivity index (χ0v) is 7.86. The van der Waals surface area contributed by atoms with Crippen molar-refractivity contribution in [2.75, 3.05) is 0 Å². The molecule has 70 valence electrons. The Bertz CT molecular complexity index is 286. The lowest BCUT2D eigenvalue weighted by atomic mass is 10.3. The summed E-state index contributed by atoms with van der Waals surface area (Å²) in [7, 11) is 0. The van der Waals surface area contributed by atoms with Gasteiger partial charge in [-0.1, -0.05) is 13.0 Å². The normalized spacial score (nSPS) is 12.2. The summed E-state index contributed by atoms with van der Waals surface area (Å²) in [6, 6.07) is 5.16. The number of rotatable bonds is 4. The van der Waals surface area contributed by atoms with Crippen molar-refractivity contribution in [3.05, 3.63) is 23.9 Å². The smallest absolute Gasteiger partial charge is 0.214 e. The summed E-state index contributed by atoms with van der Waals surface area (Å²) in [6.07, 6.45) is 1.77. The van der Waals surface area contributed by atoms with Crippen molar-refractivity contribution in [3.63, 3.8) is 0 Å². The Balaban J connectivity index is 2.71. The van der Waals surface area contributed by atoms with E-state index in [0.29, 0.717) is 17.9 Å². The van der Waals surface area contributed by atoms with Gasteiger partial charge in [-0.05, 0) is 19.4 Å². The molecule has 1 heterocycles. The Morgan fingerprint density at radius 3 is 3.00 bits per heavy atom. The summed E-state index contributed by atoms with van der Waals surface area (Å²) in [6.45, 7) is 4.00. The van der Waals surface area contributed by atoms with Gasteiger partial charge in [0.25, 0.3) is 0 Å². The molecule has 0 saturated heterocycles. The van der Waals surface area contributed by atoms with Gasteiger partial charge in [-0.15, -0.1) is 0 Å². The molecule has 13 heavy (non-hydrogen) atoms. The predicted molar refractivity (Wildman–Crippen MR) is 50.0 cm³/mol. The number of aldehydes is 1. The maximum atomic E-state index is 10.4. The second kappa shape index (κ2) is 4.60. The zero-order valence-electron chi connectivity index (χ0n) is 7.86. The van der Waals surface area contributed by atoms with E-state index in [4.69, 9.17) is 4.74 Å². The molecule has 0 saturated carbocycles. The Hall–Kier alpha value is -1.38. The van der Waals surface area contributed by atoms with Gasteiger partial charge >= 0.3 is 0 Å². The van der Waals surface area contributed by atoms with Crippen LogP contribution in [-0.2, 0) is 0 Å². The summed E-state index contributed by atoms with van der Waals surface area (Å²) in [5, 5.41) is 0. The van der Waals surface area contributed by atoms with E-state index in [9.17, 15) is 4.79 Å². The van der Waals surface area contributed by atoms with E-state index in [1.54, 1.807) is 18.2 Å². The van der Waals surface area contributed by atoms with Crippen molar-refractivity contribution >= 4 is 6.29 Å². The first-order valence-corrected chi connectivity index (χ1v) is 4.35. The van der Waals surface area contributed by atoms with Crippen LogP contribution in [0.15, 0.2) is 18.2 Å². The minimum atomic E-state index is 0.134. The van der Waals surface area contributed by atoms with Crippen LogP contribution in [0.25, 0.3) is 0 Å². The van der Waals surface area contributed by atoms with Gasteiger partial charge in [0, 0.05) is 6.07 Å². The third-order valence-electron chi connectivity index (χ3n) is 1.76. The molecular weight excluding hydrogens is 166 g/mol. The van der Waals surface area contributed by atoms with E-state index >= 15 is 0 Å². The molecule has 3 heteroatoms. The molecule has 0 bridgehead atoms. The van der Waals surface area contributed by atoms with E-state index < -0.39 is 0 Å². The average Bonchev–Trinajstić information content (AvgIpc) is 2.18. The fourth-order valence-corrected chi connectivity index (χ4v) is 0.852. The van der Waals surface area contributed by atoms with Gasteiger partial charge in [-0.25, -0.2) is 4.98 Å². The number of aromatic nitrogens is 1. The Morgan fingerprint density at radius 2 is 2.38 bits per heavy atom. The number of hydrogen-bond donors (Lipinski definition) is 0. The summed E-state index contributed by atoms with van der Waals surface area (Å²) in [4.78, 5) is 14.4. The van der Waals surface area contributed by atoms with Crippen LogP contribution in [-0.4, -0.2) is 17.4 Å². The molecule has 1 unspecified atom stereocenters. The molecule has 1 rings (SSSR count). The van der Waals surface area contributed by atoms with Crippen LogP contribution in [0.3, 0.4) is 0 Å². The predicted octanol–water partition coefficient (Wildman–Crippen LogP) is 2.07. The lowest BCUT2D eigenvalue weighted by molar-refractivity contribution is 0.111. The second-order valence-corrected chi connectivity index (χ2v) is 2.86. The number of ether oxygens (including phenoxy) is 1. The van der Waals surface area contributed by atoms with Crippen molar-refractivity contribution < 1.29 is 9.53 Å². The van der Waals surface area contributed by atoms with Gasteiger partial charge in [0.15, 0.2) is 6.29 Å². The summed E-state index contributed by atoms with van der Waals surface area (Å²) < 4.78 is 5.44. The molecule has 0 aromatic carbocycles. The van der Waals surface area contributed by atoms with Crippen LogP contribution in [0, 0.1) is 0 Å². The molecule has 1 aromatic rings. The molecule has 0 spiro atoms. The standard InChI is InChI=1S/C10H13NO2/c1-3-8(2)13-10-6-4-5-9(7-12)11-10/h4-8H,3H2,1-2H3. The van der Waals surface area contributed by atoms with E-state index in [1.807, 2.05) is 13.8 Å². The minimum absolute atomic E-state index is 0.134. The molecule has 1 aromatic heterocycles. The van der Waals surface area contributed by atoms with E-state index in [2.05, 4.69) is 4.98 Å². The van der Waals surface area contributed by atoms with Gasteiger partial charge in [0.1, 0.15) is 5.69 Å². The quantitative estimate of drug-likeness (QED) is 0.664. The van der Waals surface area contributed by atoms with Crippen LogP contribution >= 0.6 is 0 Å². The third kappa shape index (κ3) is 2.86. The van der Waals surface area contributed by atoms with Crippen LogP contribution in [0.1, 0.15) is 30.8 Å². The van der Waals surface area contributed by atoms with Crippen LogP contribution in [0.5, 0.6) is 5.88 Å². The highest BCUT2D eigenvalue weighted by Crippen LogP contribution is 2.09. The van der Waals surface area contributed by atoms with E-state index in [1.165, 1.54) is 0 Å². The Labute approximate surface area is 77.8 Å². The fraction of sp³-hybridized carbons (Fsp3) is 0.400. The molecule has 1 atom stereocenters. The highest BCUT2D eigenvalue weighted by molar-refractivity contribution is 5.71. The maximum absolute atomic E-state index is 10.4. The molecule has 0 N–H and O–H groups in total. The van der Waals surface area contributed by atoms with Crippen LogP contribution < -0.4 is 4.74 Å². The van der Waals surface area contributed by atoms with Crippen molar-refractivity contribution in [2.45, 2.75) is 26.4 Å². The first kappa shape index (κ1) is 9.71. The molecule has 0 aliphatic carbocycles. The molecule has 0 aliphatic heterocycles. The lowest BCUT2D eigenvalue weighted by Gasteiger charge is -2.10. The number of carbonyl (C=O) groups excluding carboxylic acids is 1. The molecule has 0 amide bonds. The number of nitrogens with zero attached hydrogens (tertiary/aromatic N) is 1. The number of hydrogen-bond acceptors (Lipinski definition) is 3. The van der Waals surface area contributed by atoms with E-state index in [0.717, 1.165) is 6.42 Å². The number of carbonyl (C=O) groups is 1. The lowest BCUT2D eigenvalue weighted by Crippen LogP contribution is -2.10. The zero-order chi connectivity index (χ0) is 9.68. The summed E-state index contributed by atoms with van der Waals surface area (Å²) in [5.74, 6) is 0.513. The number of pyridine rings is 1. The molecule has 0 fully saturated rings. The molecule has 3 nitrogen and oxygen atoms in total. The van der Waals surface area contributed by atoms with Gasteiger partial charge in [-0.3, -0.25) is 4.79 Å². The fourth-order valence-electron chi connectivity index (χ4n) is 0.852. The maximum Gasteiger partial charge on any atom is 0.214 e. The first-order chi connectivity index (χ1) is 6.26. The Kier molecular flexibility index (Phi) is 3.43. The van der Waals surface area contributed by atoms with Gasteiger partial charge < -0.3 is 4.74 Å². The van der Waals surface area contributed by atoms with Gasteiger partial charge in [-0.2, -0.15) is 0 Å². The van der Waals surface area contributed by atoms with Gasteiger partial charge in [0.05, 0.1) is 6.10 Å². The Morgan fingerprint density at radius 1 is 1.62 bits per heavy atom. The van der Waals surface area contributed by atoms with E-state index in [-0.39, 0.29) is 6.10 Å². The van der Waals surface area contributed by atoms with Crippen molar-refractivity contribution in [2.24, 2.45) is 0 Å². The highest BCUT2D eigenvalue weighted by atomic mass is 16.5. The highest BCUT2D eigenvalue weighted by Gasteiger charge is 2.02. The third-order valence-corrected chi connectivity index (χ3v) is 1.76. The monoisotopic (exact) mass is 179 g/mol. The van der Waals surface area contributed by atoms with Crippen LogP contribution in [0.4, 0.5) is 0 Å². The first-order valence-electron chi connectivity index (χ1n) is 4.35. The van der Waals surface area contributed by atoms with Crippen molar-refractivity contribution in [1.82, 2.24) is 4.98 Å². The SMILES string of the molecule is CCC(C)Oc1cccc(C=O)n1. The summed E-state index contributed by atoms with van der Waals surface area (Å²) in [5.41, 5.74) is 0.404. The molecule has 0 radical (unpaired) electrons. The average molecular weight is 179 g/mol. The van der Waals surface area contributed by atoms with Gasteiger partial charge in [0.2, 0.25) is 5.88 Å². The molecule has 0 aliphatic rings. The van der Waals surface area contributed by atoms with Crippen molar-refractivity contribution in [1.29, 1.82) is 0 Å². The topological polar surface area (TPSA) is 39.2 Å². The largest absolute Gasteiger partial charge is 0.475 e. The second-order valence-electron chi connectivity index (χ2n) is 2.86. The minimum Gasteiger partial charge on any atom is -0.475 e.